The molecule has 0 fully saturated rings. The predicted octanol–water partition coefficient (Wildman–Crippen LogP) is 1.43. The second-order valence-electron chi connectivity index (χ2n) is 3.25. The smallest absolute Gasteiger partial charge is 0.325 e. The van der Waals surface area contributed by atoms with Crippen molar-refractivity contribution < 1.29 is 14.6 Å². The Balaban J connectivity index is 0.00000289. The molecule has 0 unspecified atom stereocenters. The molecule has 0 aliphatic heterocycles. The number of pyridine rings is 1. The number of rotatable bonds is 5. The van der Waals surface area contributed by atoms with Crippen LogP contribution < -0.4 is 5.32 Å². The molecule has 0 aromatic carbocycles. The average Bonchev–Trinajstić information content (AvgIpc) is 2.27. The number of hydrogen-bond acceptors (Lipinski definition) is 5. The topological polar surface area (TPSA) is 71.5 Å². The predicted molar refractivity (Wildman–Crippen MR) is 71.2 cm³/mol. The zero-order valence-electron chi connectivity index (χ0n) is 9.52. The lowest BCUT2D eigenvalue weighted by molar-refractivity contribution is -0.148. The number of halogens is 3. The molecule has 1 aromatic heterocycles. The van der Waals surface area contributed by atoms with Crippen LogP contribution >= 0.6 is 35.6 Å². The molecular formula is C10H13Cl3N2O3. The van der Waals surface area contributed by atoms with Gasteiger partial charge >= 0.3 is 5.97 Å². The fraction of sp³-hybridized carbons (Fsp3) is 0.400. The highest BCUT2D eigenvalue weighted by Crippen LogP contribution is 2.15. The van der Waals surface area contributed by atoms with E-state index >= 15 is 0 Å². The zero-order chi connectivity index (χ0) is 12.8. The molecule has 1 rings (SSSR count). The Morgan fingerprint density at radius 2 is 2.06 bits per heavy atom. The van der Waals surface area contributed by atoms with Gasteiger partial charge in [-0.05, 0) is 24.7 Å². The number of aromatic nitrogens is 1. The van der Waals surface area contributed by atoms with E-state index in [9.17, 15) is 4.79 Å². The first-order chi connectivity index (χ1) is 8.06. The van der Waals surface area contributed by atoms with Crippen molar-refractivity contribution in [2.45, 2.75) is 12.6 Å². The summed E-state index contributed by atoms with van der Waals surface area (Å²) in [6, 6.07) is 2.37. The van der Waals surface area contributed by atoms with E-state index in [2.05, 4.69) is 10.3 Å². The monoisotopic (exact) mass is 314 g/mol. The van der Waals surface area contributed by atoms with E-state index in [-0.39, 0.29) is 35.9 Å². The van der Waals surface area contributed by atoms with Crippen molar-refractivity contribution in [2.75, 3.05) is 13.7 Å². The van der Waals surface area contributed by atoms with Gasteiger partial charge in [0.25, 0.3) is 0 Å². The highest BCUT2D eigenvalue weighted by Gasteiger charge is 2.16. The quantitative estimate of drug-likeness (QED) is 0.635. The van der Waals surface area contributed by atoms with Crippen LogP contribution in [0, 0.1) is 0 Å². The Hall–Kier alpha value is -0.590. The summed E-state index contributed by atoms with van der Waals surface area (Å²) in [5.41, 5.74) is 0.635. The van der Waals surface area contributed by atoms with Gasteiger partial charge in [-0.25, -0.2) is 4.98 Å². The summed E-state index contributed by atoms with van der Waals surface area (Å²) in [4.78, 5) is 15.2. The van der Waals surface area contributed by atoms with Gasteiger partial charge in [0.1, 0.15) is 23.0 Å². The lowest BCUT2D eigenvalue weighted by Gasteiger charge is -2.12. The van der Waals surface area contributed by atoms with E-state index in [0.717, 1.165) is 0 Å². The van der Waals surface area contributed by atoms with Crippen LogP contribution in [-0.2, 0) is 16.1 Å². The van der Waals surface area contributed by atoms with E-state index < -0.39 is 12.0 Å². The number of aliphatic hydroxyl groups is 1. The SMILES string of the molecule is CN[C@@H](CO)C(=O)OCc1cc(Cl)nc(Cl)c1.Cl. The van der Waals surface area contributed by atoms with E-state index in [0.29, 0.717) is 5.56 Å². The maximum Gasteiger partial charge on any atom is 0.325 e. The first kappa shape index (κ1) is 17.4. The number of nitrogens with zero attached hydrogens (tertiary/aromatic N) is 1. The molecule has 0 spiro atoms. The van der Waals surface area contributed by atoms with Crippen molar-refractivity contribution in [1.82, 2.24) is 10.3 Å². The molecule has 5 nitrogen and oxygen atoms in total. The van der Waals surface area contributed by atoms with Gasteiger partial charge in [-0.2, -0.15) is 0 Å². The van der Waals surface area contributed by atoms with Crippen LogP contribution in [0.25, 0.3) is 0 Å². The molecule has 0 bridgehead atoms. The first-order valence-electron chi connectivity index (χ1n) is 4.83. The summed E-state index contributed by atoms with van der Waals surface area (Å²) in [5.74, 6) is -0.543. The summed E-state index contributed by atoms with van der Waals surface area (Å²) in [5, 5.41) is 12.0. The number of hydrogen-bond donors (Lipinski definition) is 2. The van der Waals surface area contributed by atoms with Gasteiger partial charge in [0.15, 0.2) is 0 Å². The number of aliphatic hydroxyl groups excluding tert-OH is 1. The van der Waals surface area contributed by atoms with Gasteiger partial charge in [0.05, 0.1) is 6.61 Å². The van der Waals surface area contributed by atoms with Crippen LogP contribution in [0.2, 0.25) is 10.3 Å². The lowest BCUT2D eigenvalue weighted by Crippen LogP contribution is -2.38. The summed E-state index contributed by atoms with van der Waals surface area (Å²) in [6.45, 7) is -0.299. The third kappa shape index (κ3) is 5.37. The van der Waals surface area contributed by atoms with Crippen molar-refractivity contribution in [3.8, 4) is 0 Å². The molecule has 1 aromatic rings. The normalized spacial score (nSPS) is 11.6. The number of likely N-dealkylation sites (N-methyl/N-ethyl adjacent to an activating group) is 1. The van der Waals surface area contributed by atoms with Crippen LogP contribution in [0.3, 0.4) is 0 Å². The molecule has 102 valence electrons. The third-order valence-corrected chi connectivity index (χ3v) is 2.41. The summed E-state index contributed by atoms with van der Waals surface area (Å²) < 4.78 is 4.98. The molecule has 2 N–H and O–H groups in total. The van der Waals surface area contributed by atoms with Gasteiger partial charge in [-0.1, -0.05) is 23.2 Å². The van der Waals surface area contributed by atoms with Gasteiger partial charge in [0, 0.05) is 0 Å². The van der Waals surface area contributed by atoms with E-state index in [4.69, 9.17) is 33.0 Å². The van der Waals surface area contributed by atoms with Gasteiger partial charge in [0.2, 0.25) is 0 Å². The van der Waals surface area contributed by atoms with E-state index in [1.165, 1.54) is 0 Å². The zero-order valence-corrected chi connectivity index (χ0v) is 11.8. The largest absolute Gasteiger partial charge is 0.460 e. The minimum absolute atomic E-state index is 0. The molecule has 0 aliphatic rings. The van der Waals surface area contributed by atoms with Gasteiger partial charge in [-0.3, -0.25) is 4.79 Å². The van der Waals surface area contributed by atoms with Gasteiger partial charge in [-0.15, -0.1) is 12.4 Å². The minimum Gasteiger partial charge on any atom is -0.460 e. The molecule has 0 saturated carbocycles. The van der Waals surface area contributed by atoms with E-state index in [1.807, 2.05) is 0 Å². The van der Waals surface area contributed by atoms with Crippen LogP contribution in [0.15, 0.2) is 12.1 Å². The Morgan fingerprint density at radius 1 is 1.50 bits per heavy atom. The second-order valence-corrected chi connectivity index (χ2v) is 4.03. The maximum absolute atomic E-state index is 11.4. The highest BCUT2D eigenvalue weighted by atomic mass is 35.5. The van der Waals surface area contributed by atoms with Crippen molar-refractivity contribution in [1.29, 1.82) is 0 Å². The van der Waals surface area contributed by atoms with Crippen LogP contribution in [0.1, 0.15) is 5.56 Å². The maximum atomic E-state index is 11.4. The molecule has 0 radical (unpaired) electrons. The summed E-state index contributed by atoms with van der Waals surface area (Å²) >= 11 is 11.4. The summed E-state index contributed by atoms with van der Waals surface area (Å²) in [6.07, 6.45) is 0. The first-order valence-corrected chi connectivity index (χ1v) is 5.59. The second kappa shape index (κ2) is 8.50. The molecule has 8 heteroatoms. The number of ether oxygens (including phenoxy) is 1. The highest BCUT2D eigenvalue weighted by molar-refractivity contribution is 6.32. The Morgan fingerprint density at radius 3 is 2.50 bits per heavy atom. The molecule has 18 heavy (non-hydrogen) atoms. The standard InChI is InChI=1S/C10H12Cl2N2O3.ClH/c1-13-7(4-15)10(16)17-5-6-2-8(11)14-9(12)3-6;/h2-3,7,13,15H,4-5H2,1H3;1H/t7-;/m0./s1. The molecule has 1 atom stereocenters. The molecule has 0 saturated heterocycles. The number of esters is 1. The Kier molecular flexibility index (Phi) is 8.22. The molecule has 1 heterocycles. The minimum atomic E-state index is -0.734. The number of carbonyl (C=O) groups excluding carboxylic acids is 1. The van der Waals surface area contributed by atoms with Crippen LogP contribution in [-0.4, -0.2) is 35.8 Å². The van der Waals surface area contributed by atoms with Gasteiger partial charge < -0.3 is 15.2 Å². The fourth-order valence-electron chi connectivity index (χ4n) is 1.14. The Bertz CT molecular complexity index is 380. The van der Waals surface area contributed by atoms with Crippen molar-refractivity contribution >= 4 is 41.6 Å². The van der Waals surface area contributed by atoms with Crippen molar-refractivity contribution in [3.63, 3.8) is 0 Å². The molecule has 0 aliphatic carbocycles. The third-order valence-electron chi connectivity index (χ3n) is 2.02. The number of nitrogens with one attached hydrogen (secondary N) is 1. The van der Waals surface area contributed by atoms with Crippen molar-refractivity contribution in [2.24, 2.45) is 0 Å². The molecular weight excluding hydrogens is 302 g/mol. The van der Waals surface area contributed by atoms with Crippen molar-refractivity contribution in [3.05, 3.63) is 28.0 Å². The average molecular weight is 316 g/mol. The van der Waals surface area contributed by atoms with Crippen LogP contribution in [0.5, 0.6) is 0 Å². The molecule has 0 amide bonds. The van der Waals surface area contributed by atoms with E-state index in [1.54, 1.807) is 19.2 Å². The Labute approximate surface area is 121 Å². The summed E-state index contributed by atoms with van der Waals surface area (Å²) in [7, 11) is 1.56. The number of carbonyl (C=O) groups is 1. The van der Waals surface area contributed by atoms with Crippen LogP contribution in [0.4, 0.5) is 0 Å². The fourth-order valence-corrected chi connectivity index (χ4v) is 1.64. The lowest BCUT2D eigenvalue weighted by atomic mass is 10.3.